The van der Waals surface area contributed by atoms with Crippen molar-refractivity contribution in [2.24, 2.45) is 5.92 Å². The standard InChI is InChI=1S/C14H19N.C2H6/c1-10(2)5-6-13-8-11(3)7-12(4)14(13)9-15;1-2/h5-10,15H,1-4H3;1-2H3/b6-5-,15-9?;. The molecule has 0 atom stereocenters. The summed E-state index contributed by atoms with van der Waals surface area (Å²) in [6.07, 6.45) is 5.72. The molecule has 1 aromatic carbocycles. The third-order valence-electron chi connectivity index (χ3n) is 2.37. The fourth-order valence-corrected chi connectivity index (χ4v) is 1.64. The molecule has 17 heavy (non-hydrogen) atoms. The van der Waals surface area contributed by atoms with E-state index in [9.17, 15) is 0 Å². The maximum Gasteiger partial charge on any atom is 0.0259 e. The average molecular weight is 231 g/mol. The van der Waals surface area contributed by atoms with E-state index in [0.717, 1.165) is 11.1 Å². The van der Waals surface area contributed by atoms with E-state index in [4.69, 9.17) is 5.41 Å². The number of hydrogen-bond donors (Lipinski definition) is 1. The third kappa shape index (κ3) is 4.99. The minimum atomic E-state index is 0.546. The minimum absolute atomic E-state index is 0.546. The van der Waals surface area contributed by atoms with Gasteiger partial charge in [0.05, 0.1) is 0 Å². The molecule has 1 heteroatoms. The average Bonchev–Trinajstić information content (AvgIpc) is 2.28. The maximum atomic E-state index is 7.42. The predicted octanol–water partition coefficient (Wildman–Crippen LogP) is 5.00. The monoisotopic (exact) mass is 231 g/mol. The van der Waals surface area contributed by atoms with E-state index < -0.39 is 0 Å². The maximum absolute atomic E-state index is 7.42. The number of hydrogen-bond acceptors (Lipinski definition) is 1. The van der Waals surface area contributed by atoms with Gasteiger partial charge in [0, 0.05) is 11.8 Å². The van der Waals surface area contributed by atoms with Crippen LogP contribution in [-0.2, 0) is 0 Å². The number of benzene rings is 1. The summed E-state index contributed by atoms with van der Waals surface area (Å²) >= 11 is 0. The molecular weight excluding hydrogens is 206 g/mol. The van der Waals surface area contributed by atoms with E-state index >= 15 is 0 Å². The molecule has 0 radical (unpaired) electrons. The highest BCUT2D eigenvalue weighted by Gasteiger charge is 2.01. The fourth-order valence-electron chi connectivity index (χ4n) is 1.64. The first kappa shape index (κ1) is 15.6. The second kappa shape index (κ2) is 7.83. The van der Waals surface area contributed by atoms with Crippen LogP contribution in [-0.4, -0.2) is 6.21 Å². The Labute approximate surface area is 106 Å². The first-order valence-electron chi connectivity index (χ1n) is 6.34. The molecule has 1 rings (SSSR count). The first-order valence-corrected chi connectivity index (χ1v) is 6.34. The van der Waals surface area contributed by atoms with Gasteiger partial charge in [0.1, 0.15) is 0 Å². The van der Waals surface area contributed by atoms with Crippen LogP contribution in [0.4, 0.5) is 0 Å². The molecule has 0 aliphatic carbocycles. The molecule has 0 saturated carbocycles. The van der Waals surface area contributed by atoms with Gasteiger partial charge in [-0.05, 0) is 30.9 Å². The molecule has 0 spiro atoms. The van der Waals surface area contributed by atoms with Crippen molar-refractivity contribution in [1.29, 1.82) is 5.41 Å². The molecule has 1 nitrogen and oxygen atoms in total. The Balaban J connectivity index is 0.00000121. The van der Waals surface area contributed by atoms with Crippen LogP contribution in [0.3, 0.4) is 0 Å². The molecular formula is C16H25N. The molecule has 0 saturated heterocycles. The Morgan fingerprint density at radius 3 is 2.18 bits per heavy atom. The Morgan fingerprint density at radius 1 is 1.12 bits per heavy atom. The number of rotatable bonds is 3. The molecule has 0 aliphatic rings. The summed E-state index contributed by atoms with van der Waals surface area (Å²) < 4.78 is 0. The topological polar surface area (TPSA) is 23.9 Å². The third-order valence-corrected chi connectivity index (χ3v) is 2.37. The van der Waals surface area contributed by atoms with Gasteiger partial charge in [0.25, 0.3) is 0 Å². The molecule has 1 aromatic rings. The highest BCUT2D eigenvalue weighted by molar-refractivity contribution is 5.85. The zero-order chi connectivity index (χ0) is 13.4. The van der Waals surface area contributed by atoms with Crippen molar-refractivity contribution in [3.63, 3.8) is 0 Å². The Morgan fingerprint density at radius 2 is 1.71 bits per heavy atom. The molecule has 0 aliphatic heterocycles. The van der Waals surface area contributed by atoms with E-state index in [0.29, 0.717) is 5.92 Å². The Hall–Kier alpha value is -1.37. The Kier molecular flexibility index (Phi) is 7.20. The molecule has 94 valence electrons. The largest absolute Gasteiger partial charge is 0.308 e. The lowest BCUT2D eigenvalue weighted by molar-refractivity contribution is 0.836. The van der Waals surface area contributed by atoms with E-state index in [2.05, 4.69) is 52.0 Å². The molecule has 0 fully saturated rings. The quantitative estimate of drug-likeness (QED) is 0.708. The molecule has 1 N–H and O–H groups in total. The predicted molar refractivity (Wildman–Crippen MR) is 79.0 cm³/mol. The van der Waals surface area contributed by atoms with Gasteiger partial charge in [-0.1, -0.05) is 57.5 Å². The van der Waals surface area contributed by atoms with Crippen molar-refractivity contribution in [2.75, 3.05) is 0 Å². The first-order chi connectivity index (χ1) is 8.04. The molecule has 0 heterocycles. The van der Waals surface area contributed by atoms with Gasteiger partial charge in [-0.25, -0.2) is 0 Å². The van der Waals surface area contributed by atoms with E-state index in [1.807, 2.05) is 13.8 Å². The number of aryl methyl sites for hydroxylation is 2. The van der Waals surface area contributed by atoms with Crippen LogP contribution in [0.15, 0.2) is 18.2 Å². The van der Waals surface area contributed by atoms with Gasteiger partial charge >= 0.3 is 0 Å². The lowest BCUT2D eigenvalue weighted by Crippen LogP contribution is -1.93. The molecule has 0 aromatic heterocycles. The summed E-state index contributed by atoms with van der Waals surface area (Å²) in [4.78, 5) is 0. The summed E-state index contributed by atoms with van der Waals surface area (Å²) in [7, 11) is 0. The van der Waals surface area contributed by atoms with Crippen LogP contribution in [0.25, 0.3) is 6.08 Å². The Bertz CT molecular complexity index is 387. The van der Waals surface area contributed by atoms with E-state index in [1.54, 1.807) is 0 Å². The van der Waals surface area contributed by atoms with Gasteiger partial charge in [-0.15, -0.1) is 0 Å². The normalized spacial score (nSPS) is 10.3. The van der Waals surface area contributed by atoms with Gasteiger partial charge in [0.15, 0.2) is 0 Å². The second-order valence-corrected chi connectivity index (χ2v) is 4.33. The highest BCUT2D eigenvalue weighted by Crippen LogP contribution is 2.17. The summed E-state index contributed by atoms with van der Waals surface area (Å²) in [5.74, 6) is 0.546. The fraction of sp³-hybridized carbons (Fsp3) is 0.438. The SMILES string of the molecule is CC.Cc1cc(C)c(C=N)c(/C=C\C(C)C)c1. The lowest BCUT2D eigenvalue weighted by Gasteiger charge is -2.07. The van der Waals surface area contributed by atoms with Crippen molar-refractivity contribution in [2.45, 2.75) is 41.5 Å². The zero-order valence-electron chi connectivity index (χ0n) is 12.0. The minimum Gasteiger partial charge on any atom is -0.308 e. The zero-order valence-corrected chi connectivity index (χ0v) is 12.0. The van der Waals surface area contributed by atoms with Crippen LogP contribution in [0.2, 0.25) is 0 Å². The summed E-state index contributed by atoms with van der Waals surface area (Å²) in [5.41, 5.74) is 4.60. The van der Waals surface area contributed by atoms with Crippen LogP contribution >= 0.6 is 0 Å². The van der Waals surface area contributed by atoms with E-state index in [-0.39, 0.29) is 0 Å². The van der Waals surface area contributed by atoms with E-state index in [1.165, 1.54) is 17.3 Å². The van der Waals surface area contributed by atoms with Gasteiger partial charge in [-0.2, -0.15) is 0 Å². The van der Waals surface area contributed by atoms with Crippen LogP contribution < -0.4 is 0 Å². The summed E-state index contributed by atoms with van der Waals surface area (Å²) in [6, 6.07) is 4.25. The van der Waals surface area contributed by atoms with Gasteiger partial charge in [-0.3, -0.25) is 0 Å². The summed E-state index contributed by atoms with van der Waals surface area (Å²) in [5, 5.41) is 7.42. The molecule has 0 unspecified atom stereocenters. The lowest BCUT2D eigenvalue weighted by atomic mass is 9.98. The van der Waals surface area contributed by atoms with Crippen molar-refractivity contribution in [3.05, 3.63) is 40.5 Å². The summed E-state index contributed by atoms with van der Waals surface area (Å²) in [6.45, 7) is 12.5. The molecule has 0 bridgehead atoms. The molecule has 0 amide bonds. The van der Waals surface area contributed by atoms with Crippen molar-refractivity contribution < 1.29 is 0 Å². The van der Waals surface area contributed by atoms with Crippen LogP contribution in [0.1, 0.15) is 49.9 Å². The van der Waals surface area contributed by atoms with Crippen LogP contribution in [0.5, 0.6) is 0 Å². The smallest absolute Gasteiger partial charge is 0.0259 e. The van der Waals surface area contributed by atoms with Gasteiger partial charge in [0.2, 0.25) is 0 Å². The van der Waals surface area contributed by atoms with Crippen molar-refractivity contribution >= 4 is 12.3 Å². The number of allylic oxidation sites excluding steroid dienone is 1. The number of nitrogens with one attached hydrogen (secondary N) is 1. The highest BCUT2D eigenvalue weighted by atomic mass is 14.3. The van der Waals surface area contributed by atoms with Gasteiger partial charge < -0.3 is 5.41 Å². The van der Waals surface area contributed by atoms with Crippen molar-refractivity contribution in [1.82, 2.24) is 0 Å². The van der Waals surface area contributed by atoms with Crippen LogP contribution in [0, 0.1) is 25.2 Å². The second-order valence-electron chi connectivity index (χ2n) is 4.33. The van der Waals surface area contributed by atoms with Crippen molar-refractivity contribution in [3.8, 4) is 0 Å².